The third kappa shape index (κ3) is 3.90. The molecule has 72 valence electrons. The molecule has 0 saturated carbocycles. The summed E-state index contributed by atoms with van der Waals surface area (Å²) in [5, 5.41) is 0. The van der Waals surface area contributed by atoms with Crippen molar-refractivity contribution in [3.63, 3.8) is 0 Å². The van der Waals surface area contributed by atoms with Crippen molar-refractivity contribution >= 4 is 5.82 Å². The summed E-state index contributed by atoms with van der Waals surface area (Å²) in [5.41, 5.74) is 6.61. The van der Waals surface area contributed by atoms with Gasteiger partial charge in [0.15, 0.2) is 0 Å². The van der Waals surface area contributed by atoms with E-state index in [-0.39, 0.29) is 0 Å². The first-order chi connectivity index (χ1) is 6.33. The van der Waals surface area contributed by atoms with Crippen LogP contribution in [-0.4, -0.2) is 11.6 Å². The van der Waals surface area contributed by atoms with E-state index >= 15 is 0 Å². The van der Waals surface area contributed by atoms with Gasteiger partial charge in [0.1, 0.15) is 5.82 Å². The number of pyridine rings is 1. The zero-order chi connectivity index (χ0) is 9.52. The van der Waals surface area contributed by atoms with Gasteiger partial charge in [-0.2, -0.15) is 0 Å². The molecule has 1 rings (SSSR count). The number of aromatic nitrogens is 1. The average Bonchev–Trinajstić information content (AvgIpc) is 2.13. The van der Waals surface area contributed by atoms with Gasteiger partial charge >= 0.3 is 0 Å². The highest BCUT2D eigenvalue weighted by Gasteiger charge is 1.93. The molecule has 3 heteroatoms. The smallest absolute Gasteiger partial charge is 0.123 e. The Morgan fingerprint density at radius 2 is 2.38 bits per heavy atom. The van der Waals surface area contributed by atoms with Crippen LogP contribution in [0.4, 0.5) is 5.82 Å². The molecule has 3 nitrogen and oxygen atoms in total. The number of hydrogen-bond acceptors (Lipinski definition) is 3. The van der Waals surface area contributed by atoms with Crippen molar-refractivity contribution < 1.29 is 4.74 Å². The fourth-order valence-corrected chi connectivity index (χ4v) is 1.02. The van der Waals surface area contributed by atoms with E-state index in [1.807, 2.05) is 12.1 Å². The number of unbranched alkanes of at least 4 members (excludes halogenated alkanes) is 1. The number of nitrogens with zero attached hydrogens (tertiary/aromatic N) is 1. The summed E-state index contributed by atoms with van der Waals surface area (Å²) in [4.78, 5) is 3.91. The predicted molar refractivity (Wildman–Crippen MR) is 53.2 cm³/mol. The first-order valence-electron chi connectivity index (χ1n) is 4.61. The summed E-state index contributed by atoms with van der Waals surface area (Å²) in [7, 11) is 0. The van der Waals surface area contributed by atoms with E-state index in [4.69, 9.17) is 10.5 Å². The Bertz CT molecular complexity index is 250. The van der Waals surface area contributed by atoms with Crippen LogP contribution in [0.1, 0.15) is 25.3 Å². The molecule has 0 aromatic carbocycles. The number of anilines is 1. The summed E-state index contributed by atoms with van der Waals surface area (Å²) in [6.07, 6.45) is 3.98. The molecule has 0 atom stereocenters. The molecule has 0 bridgehead atoms. The number of nitrogens with two attached hydrogens (primary N) is 1. The Morgan fingerprint density at radius 3 is 3.08 bits per heavy atom. The van der Waals surface area contributed by atoms with Gasteiger partial charge in [-0.15, -0.1) is 0 Å². The van der Waals surface area contributed by atoms with Gasteiger partial charge in [0.25, 0.3) is 0 Å². The molecule has 0 fully saturated rings. The molecule has 0 saturated heterocycles. The van der Waals surface area contributed by atoms with Gasteiger partial charge in [-0.25, -0.2) is 4.98 Å². The molecule has 0 spiro atoms. The van der Waals surface area contributed by atoms with Gasteiger partial charge in [0.2, 0.25) is 0 Å². The molecular formula is C10H16N2O. The normalized spacial score (nSPS) is 10.2. The van der Waals surface area contributed by atoms with Crippen molar-refractivity contribution in [3.8, 4) is 0 Å². The fourth-order valence-electron chi connectivity index (χ4n) is 1.02. The Hall–Kier alpha value is -1.09. The van der Waals surface area contributed by atoms with Crippen LogP contribution in [0.5, 0.6) is 0 Å². The van der Waals surface area contributed by atoms with Gasteiger partial charge in [0.05, 0.1) is 6.61 Å². The molecule has 0 aliphatic carbocycles. The quantitative estimate of drug-likeness (QED) is 0.705. The number of nitrogen functional groups attached to an aromatic ring is 1. The Kier molecular flexibility index (Phi) is 4.26. The second-order valence-electron chi connectivity index (χ2n) is 3.00. The minimum absolute atomic E-state index is 0.552. The zero-order valence-electron chi connectivity index (χ0n) is 7.99. The van der Waals surface area contributed by atoms with Gasteiger partial charge < -0.3 is 10.5 Å². The first kappa shape index (κ1) is 9.99. The average molecular weight is 180 g/mol. The molecule has 1 aromatic rings. The maximum Gasteiger partial charge on any atom is 0.123 e. The Labute approximate surface area is 78.9 Å². The van der Waals surface area contributed by atoms with Crippen molar-refractivity contribution in [3.05, 3.63) is 23.9 Å². The maximum absolute atomic E-state index is 5.52. The van der Waals surface area contributed by atoms with Crippen LogP contribution in [0.25, 0.3) is 0 Å². The maximum atomic E-state index is 5.52. The number of ether oxygens (including phenoxy) is 1. The van der Waals surface area contributed by atoms with Crippen LogP contribution in [0, 0.1) is 0 Å². The summed E-state index contributed by atoms with van der Waals surface area (Å²) in [6.45, 7) is 3.60. The Morgan fingerprint density at radius 1 is 1.54 bits per heavy atom. The highest BCUT2D eigenvalue weighted by atomic mass is 16.5. The van der Waals surface area contributed by atoms with Crippen LogP contribution in [0.2, 0.25) is 0 Å². The lowest BCUT2D eigenvalue weighted by atomic mass is 10.3. The molecule has 2 N–H and O–H groups in total. The predicted octanol–water partition coefficient (Wildman–Crippen LogP) is 1.98. The first-order valence-corrected chi connectivity index (χ1v) is 4.61. The van der Waals surface area contributed by atoms with Crippen LogP contribution in [0.3, 0.4) is 0 Å². The summed E-state index contributed by atoms with van der Waals surface area (Å²) < 4.78 is 5.43. The lowest BCUT2D eigenvalue weighted by Gasteiger charge is -2.03. The SMILES string of the molecule is CCCCOCc1ccnc(N)c1. The molecule has 0 amide bonds. The molecule has 0 unspecified atom stereocenters. The van der Waals surface area contributed by atoms with Gasteiger partial charge in [-0.05, 0) is 24.1 Å². The van der Waals surface area contributed by atoms with E-state index in [1.54, 1.807) is 6.20 Å². The highest BCUT2D eigenvalue weighted by Crippen LogP contribution is 2.04. The molecule has 0 aliphatic rings. The standard InChI is InChI=1S/C10H16N2O/c1-2-3-6-13-8-9-4-5-12-10(11)7-9/h4-5,7H,2-3,6,8H2,1H3,(H2,11,12). The van der Waals surface area contributed by atoms with Crippen molar-refractivity contribution in [1.82, 2.24) is 4.98 Å². The third-order valence-corrected chi connectivity index (χ3v) is 1.76. The monoisotopic (exact) mass is 180 g/mol. The minimum atomic E-state index is 0.552. The summed E-state index contributed by atoms with van der Waals surface area (Å²) >= 11 is 0. The van der Waals surface area contributed by atoms with Gasteiger partial charge in [0, 0.05) is 12.8 Å². The van der Waals surface area contributed by atoms with Crippen LogP contribution < -0.4 is 5.73 Å². The van der Waals surface area contributed by atoms with Crippen molar-refractivity contribution in [2.24, 2.45) is 0 Å². The lowest BCUT2D eigenvalue weighted by Crippen LogP contribution is -1.97. The summed E-state index contributed by atoms with van der Waals surface area (Å²) in [6, 6.07) is 3.76. The van der Waals surface area contributed by atoms with Gasteiger partial charge in [-0.3, -0.25) is 0 Å². The van der Waals surface area contributed by atoms with Crippen molar-refractivity contribution in [1.29, 1.82) is 0 Å². The van der Waals surface area contributed by atoms with E-state index in [0.717, 1.165) is 18.6 Å². The number of hydrogen-bond donors (Lipinski definition) is 1. The Balaban J connectivity index is 2.28. The zero-order valence-corrected chi connectivity index (χ0v) is 7.99. The lowest BCUT2D eigenvalue weighted by molar-refractivity contribution is 0.118. The molecule has 1 heterocycles. The molecule has 0 radical (unpaired) electrons. The number of rotatable bonds is 5. The van der Waals surface area contributed by atoms with E-state index in [9.17, 15) is 0 Å². The summed E-state index contributed by atoms with van der Waals surface area (Å²) in [5.74, 6) is 0.552. The van der Waals surface area contributed by atoms with E-state index in [0.29, 0.717) is 12.4 Å². The van der Waals surface area contributed by atoms with Crippen LogP contribution in [0.15, 0.2) is 18.3 Å². The van der Waals surface area contributed by atoms with E-state index in [2.05, 4.69) is 11.9 Å². The third-order valence-electron chi connectivity index (χ3n) is 1.76. The van der Waals surface area contributed by atoms with Crippen LogP contribution >= 0.6 is 0 Å². The molecular weight excluding hydrogens is 164 g/mol. The van der Waals surface area contributed by atoms with Crippen molar-refractivity contribution in [2.75, 3.05) is 12.3 Å². The van der Waals surface area contributed by atoms with Crippen molar-refractivity contribution in [2.45, 2.75) is 26.4 Å². The highest BCUT2D eigenvalue weighted by molar-refractivity contribution is 5.31. The molecule has 0 aliphatic heterocycles. The second kappa shape index (κ2) is 5.54. The molecule has 1 aromatic heterocycles. The topological polar surface area (TPSA) is 48.1 Å². The minimum Gasteiger partial charge on any atom is -0.384 e. The van der Waals surface area contributed by atoms with Gasteiger partial charge in [-0.1, -0.05) is 13.3 Å². The van der Waals surface area contributed by atoms with E-state index < -0.39 is 0 Å². The largest absolute Gasteiger partial charge is 0.384 e. The second-order valence-corrected chi connectivity index (χ2v) is 3.00. The fraction of sp³-hybridized carbons (Fsp3) is 0.500. The van der Waals surface area contributed by atoms with Crippen LogP contribution in [-0.2, 0) is 11.3 Å². The molecule has 13 heavy (non-hydrogen) atoms. The van der Waals surface area contributed by atoms with E-state index in [1.165, 1.54) is 6.42 Å².